The number of rotatable bonds is 5. The van der Waals surface area contributed by atoms with E-state index in [2.05, 4.69) is 15.9 Å². The first kappa shape index (κ1) is 13.9. The molecule has 2 N–H and O–H groups in total. The molecule has 0 fully saturated rings. The van der Waals surface area contributed by atoms with Crippen molar-refractivity contribution in [1.82, 2.24) is 0 Å². The van der Waals surface area contributed by atoms with Crippen LogP contribution in [0.3, 0.4) is 0 Å². The highest BCUT2D eigenvalue weighted by Gasteiger charge is 2.01. The average Bonchev–Trinajstić information content (AvgIpc) is 2.46. The van der Waals surface area contributed by atoms with Gasteiger partial charge in [0.05, 0.1) is 7.11 Å². The lowest BCUT2D eigenvalue weighted by molar-refractivity contribution is 0.305. The molecular formula is C15H16BrNO2. The topological polar surface area (TPSA) is 44.5 Å². The minimum absolute atomic E-state index is 0.513. The first-order valence-corrected chi connectivity index (χ1v) is 6.76. The van der Waals surface area contributed by atoms with Crippen LogP contribution in [0, 0.1) is 0 Å². The van der Waals surface area contributed by atoms with Gasteiger partial charge in [-0.05, 0) is 35.4 Å². The lowest BCUT2D eigenvalue weighted by Gasteiger charge is -2.09. The second kappa shape index (κ2) is 6.59. The number of hydrogen-bond acceptors (Lipinski definition) is 3. The highest BCUT2D eigenvalue weighted by molar-refractivity contribution is 9.10. The van der Waals surface area contributed by atoms with Gasteiger partial charge in [0.25, 0.3) is 0 Å². The molecule has 2 aromatic rings. The van der Waals surface area contributed by atoms with Gasteiger partial charge in [0.2, 0.25) is 0 Å². The Bertz CT molecular complexity index is 540. The molecule has 0 aromatic heterocycles. The SMILES string of the molecule is COc1ccc(COc2ccc(CN)c(Br)c2)cc1. The fourth-order valence-electron chi connectivity index (χ4n) is 1.67. The summed E-state index contributed by atoms with van der Waals surface area (Å²) < 4.78 is 11.8. The highest BCUT2D eigenvalue weighted by atomic mass is 79.9. The van der Waals surface area contributed by atoms with Crippen molar-refractivity contribution in [2.24, 2.45) is 5.73 Å². The maximum atomic E-state index is 5.73. The number of ether oxygens (including phenoxy) is 2. The Labute approximate surface area is 121 Å². The molecule has 3 nitrogen and oxygen atoms in total. The molecule has 0 saturated heterocycles. The predicted octanol–water partition coefficient (Wildman–Crippen LogP) is 3.50. The van der Waals surface area contributed by atoms with E-state index in [0.717, 1.165) is 27.1 Å². The molecule has 0 aliphatic heterocycles. The predicted molar refractivity (Wildman–Crippen MR) is 79.4 cm³/mol. The lowest BCUT2D eigenvalue weighted by Crippen LogP contribution is -1.99. The van der Waals surface area contributed by atoms with Gasteiger partial charge in [0, 0.05) is 11.0 Å². The van der Waals surface area contributed by atoms with Crippen LogP contribution >= 0.6 is 15.9 Å². The molecule has 19 heavy (non-hydrogen) atoms. The van der Waals surface area contributed by atoms with E-state index in [4.69, 9.17) is 15.2 Å². The summed E-state index contributed by atoms with van der Waals surface area (Å²) in [4.78, 5) is 0. The van der Waals surface area contributed by atoms with E-state index in [1.54, 1.807) is 7.11 Å². The van der Waals surface area contributed by atoms with Crippen LogP contribution in [-0.4, -0.2) is 7.11 Å². The molecule has 0 aliphatic carbocycles. The van der Waals surface area contributed by atoms with Crippen LogP contribution in [0.25, 0.3) is 0 Å². The molecule has 2 rings (SSSR count). The Balaban J connectivity index is 1.99. The number of halogens is 1. The van der Waals surface area contributed by atoms with Gasteiger partial charge in [0.15, 0.2) is 0 Å². The Hall–Kier alpha value is -1.52. The van der Waals surface area contributed by atoms with Crippen LogP contribution in [0.2, 0.25) is 0 Å². The third kappa shape index (κ3) is 3.72. The molecule has 4 heteroatoms. The minimum Gasteiger partial charge on any atom is -0.497 e. The van der Waals surface area contributed by atoms with Crippen LogP contribution in [0.15, 0.2) is 46.9 Å². The van der Waals surface area contributed by atoms with Gasteiger partial charge in [0.1, 0.15) is 18.1 Å². The summed E-state index contributed by atoms with van der Waals surface area (Å²) in [5, 5.41) is 0. The first-order valence-electron chi connectivity index (χ1n) is 5.97. The van der Waals surface area contributed by atoms with Crippen LogP contribution < -0.4 is 15.2 Å². The second-order valence-corrected chi connectivity index (χ2v) is 4.95. The number of methoxy groups -OCH3 is 1. The zero-order valence-electron chi connectivity index (χ0n) is 10.7. The maximum absolute atomic E-state index is 5.73. The van der Waals surface area contributed by atoms with E-state index < -0.39 is 0 Å². The van der Waals surface area contributed by atoms with Crippen LogP contribution in [0.5, 0.6) is 11.5 Å². The zero-order chi connectivity index (χ0) is 13.7. The second-order valence-electron chi connectivity index (χ2n) is 4.09. The highest BCUT2D eigenvalue weighted by Crippen LogP contribution is 2.23. The molecule has 0 heterocycles. The summed E-state index contributed by atoms with van der Waals surface area (Å²) in [7, 11) is 1.65. The lowest BCUT2D eigenvalue weighted by atomic mass is 10.2. The molecule has 0 amide bonds. The Morgan fingerprint density at radius 3 is 2.32 bits per heavy atom. The van der Waals surface area contributed by atoms with E-state index in [1.807, 2.05) is 42.5 Å². The Kier molecular flexibility index (Phi) is 4.82. The fourth-order valence-corrected chi connectivity index (χ4v) is 2.19. The van der Waals surface area contributed by atoms with Crippen molar-refractivity contribution >= 4 is 15.9 Å². The minimum atomic E-state index is 0.513. The molecule has 0 unspecified atom stereocenters. The summed E-state index contributed by atoms with van der Waals surface area (Å²) in [6, 6.07) is 13.7. The number of benzene rings is 2. The van der Waals surface area contributed by atoms with Crippen molar-refractivity contribution in [3.05, 3.63) is 58.1 Å². The number of nitrogens with two attached hydrogens (primary N) is 1. The number of hydrogen-bond donors (Lipinski definition) is 1. The van der Waals surface area contributed by atoms with E-state index in [-0.39, 0.29) is 0 Å². The van der Waals surface area contributed by atoms with E-state index in [0.29, 0.717) is 13.2 Å². The molecule has 0 bridgehead atoms. The molecule has 100 valence electrons. The van der Waals surface area contributed by atoms with Gasteiger partial charge in [-0.1, -0.05) is 34.1 Å². The van der Waals surface area contributed by atoms with Gasteiger partial charge in [-0.25, -0.2) is 0 Å². The van der Waals surface area contributed by atoms with Crippen molar-refractivity contribution in [3.8, 4) is 11.5 Å². The van der Waals surface area contributed by atoms with Crippen LogP contribution in [0.4, 0.5) is 0 Å². The summed E-state index contributed by atoms with van der Waals surface area (Å²) in [5.74, 6) is 1.67. The van der Waals surface area contributed by atoms with Crippen molar-refractivity contribution < 1.29 is 9.47 Å². The maximum Gasteiger partial charge on any atom is 0.120 e. The van der Waals surface area contributed by atoms with Crippen molar-refractivity contribution in [2.45, 2.75) is 13.2 Å². The van der Waals surface area contributed by atoms with Crippen LogP contribution in [-0.2, 0) is 13.2 Å². The monoisotopic (exact) mass is 321 g/mol. The van der Waals surface area contributed by atoms with Gasteiger partial charge >= 0.3 is 0 Å². The molecule has 0 radical (unpaired) electrons. The van der Waals surface area contributed by atoms with Gasteiger partial charge in [-0.3, -0.25) is 0 Å². The molecule has 0 atom stereocenters. The van der Waals surface area contributed by atoms with Gasteiger partial charge in [-0.15, -0.1) is 0 Å². The standard InChI is InChI=1S/C15H16BrNO2/c1-18-13-5-2-11(3-6-13)10-19-14-7-4-12(9-17)15(16)8-14/h2-8H,9-10,17H2,1H3. The van der Waals surface area contributed by atoms with Gasteiger partial charge < -0.3 is 15.2 Å². The molecule has 0 spiro atoms. The Morgan fingerprint density at radius 1 is 1.05 bits per heavy atom. The van der Waals surface area contributed by atoms with Gasteiger partial charge in [-0.2, -0.15) is 0 Å². The summed E-state index contributed by atoms with van der Waals surface area (Å²) >= 11 is 3.48. The molecular weight excluding hydrogens is 306 g/mol. The van der Waals surface area contributed by atoms with E-state index in [9.17, 15) is 0 Å². The molecule has 0 saturated carbocycles. The summed E-state index contributed by atoms with van der Waals surface area (Å²) in [5.41, 5.74) is 7.77. The van der Waals surface area contributed by atoms with E-state index >= 15 is 0 Å². The van der Waals surface area contributed by atoms with Crippen molar-refractivity contribution in [3.63, 3.8) is 0 Å². The third-order valence-corrected chi connectivity index (χ3v) is 3.55. The smallest absolute Gasteiger partial charge is 0.120 e. The van der Waals surface area contributed by atoms with Crippen molar-refractivity contribution in [2.75, 3.05) is 7.11 Å². The largest absolute Gasteiger partial charge is 0.497 e. The Morgan fingerprint density at radius 2 is 1.74 bits per heavy atom. The third-order valence-electron chi connectivity index (χ3n) is 2.81. The van der Waals surface area contributed by atoms with Crippen molar-refractivity contribution in [1.29, 1.82) is 0 Å². The van der Waals surface area contributed by atoms with Crippen LogP contribution in [0.1, 0.15) is 11.1 Å². The normalized spacial score (nSPS) is 10.3. The first-order chi connectivity index (χ1) is 9.22. The molecule has 2 aromatic carbocycles. The average molecular weight is 322 g/mol. The quantitative estimate of drug-likeness (QED) is 0.916. The fraction of sp³-hybridized carbons (Fsp3) is 0.200. The summed E-state index contributed by atoms with van der Waals surface area (Å²) in [6.07, 6.45) is 0. The molecule has 0 aliphatic rings. The van der Waals surface area contributed by atoms with E-state index in [1.165, 1.54) is 0 Å². The summed E-state index contributed by atoms with van der Waals surface area (Å²) in [6.45, 7) is 1.04. The zero-order valence-corrected chi connectivity index (χ0v) is 12.3.